The molecule has 28 heavy (non-hydrogen) atoms. The van der Waals surface area contributed by atoms with E-state index in [2.05, 4.69) is 5.32 Å². The first-order valence-corrected chi connectivity index (χ1v) is 10.1. The van der Waals surface area contributed by atoms with Crippen LogP contribution in [-0.2, 0) is 14.3 Å². The number of nitriles is 1. The van der Waals surface area contributed by atoms with Crippen LogP contribution < -0.4 is 5.32 Å². The molecule has 0 fully saturated rings. The highest BCUT2D eigenvalue weighted by Crippen LogP contribution is 2.25. The molecule has 0 unspecified atom stereocenters. The number of hydrogen-bond acceptors (Lipinski definition) is 6. The number of amides is 1. The van der Waals surface area contributed by atoms with Gasteiger partial charge in [-0.3, -0.25) is 4.79 Å². The first kappa shape index (κ1) is 19.5. The second-order valence-electron chi connectivity index (χ2n) is 5.85. The lowest BCUT2D eigenvalue weighted by molar-refractivity contribution is -0.141. The van der Waals surface area contributed by atoms with Crippen LogP contribution in [0.1, 0.15) is 21.6 Å². The van der Waals surface area contributed by atoms with Crippen molar-refractivity contribution < 1.29 is 14.3 Å². The number of hydrogen-bond donors (Lipinski definition) is 1. The summed E-state index contributed by atoms with van der Waals surface area (Å²) in [4.78, 5) is 25.5. The molecule has 0 atom stereocenters. The number of esters is 1. The fourth-order valence-electron chi connectivity index (χ4n) is 2.45. The zero-order valence-electron chi connectivity index (χ0n) is 15.0. The predicted octanol–water partition coefficient (Wildman–Crippen LogP) is 4.71. The summed E-state index contributed by atoms with van der Waals surface area (Å²) in [5.74, 6) is -1.07. The molecule has 140 valence electrons. The van der Waals surface area contributed by atoms with Crippen LogP contribution in [0.3, 0.4) is 0 Å². The van der Waals surface area contributed by atoms with E-state index in [1.807, 2.05) is 54.8 Å². The minimum atomic E-state index is -0.578. The maximum atomic E-state index is 12.6. The number of aryl methyl sites for hydroxylation is 1. The molecule has 0 bridgehead atoms. The number of anilines is 1. The Kier molecular flexibility index (Phi) is 6.37. The third-order valence-electron chi connectivity index (χ3n) is 3.73. The molecule has 5 nitrogen and oxygen atoms in total. The van der Waals surface area contributed by atoms with Gasteiger partial charge >= 0.3 is 5.97 Å². The number of nitrogens with one attached hydrogen (secondary N) is 1. The highest BCUT2D eigenvalue weighted by molar-refractivity contribution is 7.14. The van der Waals surface area contributed by atoms with Gasteiger partial charge in [0.25, 0.3) is 5.91 Å². The summed E-state index contributed by atoms with van der Waals surface area (Å²) in [6.45, 7) is 1.54. The fraction of sp³-hybridized carbons (Fsp3) is 0.0952. The van der Waals surface area contributed by atoms with Crippen molar-refractivity contribution in [3.05, 3.63) is 74.8 Å². The van der Waals surface area contributed by atoms with E-state index < -0.39 is 18.5 Å². The Balaban J connectivity index is 1.72. The van der Waals surface area contributed by atoms with Gasteiger partial charge < -0.3 is 10.1 Å². The van der Waals surface area contributed by atoms with Gasteiger partial charge in [-0.15, -0.1) is 22.7 Å². The van der Waals surface area contributed by atoms with Crippen LogP contribution in [0.4, 0.5) is 5.00 Å². The predicted molar refractivity (Wildman–Crippen MR) is 112 cm³/mol. The molecule has 0 aliphatic carbocycles. The second kappa shape index (κ2) is 9.13. The maximum absolute atomic E-state index is 12.6. The van der Waals surface area contributed by atoms with Gasteiger partial charge in [0.05, 0.1) is 11.1 Å². The van der Waals surface area contributed by atoms with Crippen molar-refractivity contribution in [1.82, 2.24) is 0 Å². The molecule has 1 amide bonds. The van der Waals surface area contributed by atoms with Crippen molar-refractivity contribution >= 4 is 51.2 Å². The number of nitrogens with zero attached hydrogens (tertiary/aromatic N) is 1. The summed E-state index contributed by atoms with van der Waals surface area (Å²) in [6.07, 6.45) is 1.76. The van der Waals surface area contributed by atoms with Crippen LogP contribution in [0, 0.1) is 18.3 Å². The van der Waals surface area contributed by atoms with E-state index in [0.29, 0.717) is 16.1 Å². The van der Waals surface area contributed by atoms with E-state index in [0.717, 1.165) is 16.0 Å². The smallest absolute Gasteiger partial charge is 0.340 e. The summed E-state index contributed by atoms with van der Waals surface area (Å²) in [7, 11) is 0. The Bertz CT molecular complexity index is 1060. The van der Waals surface area contributed by atoms with Crippen LogP contribution >= 0.6 is 22.7 Å². The van der Waals surface area contributed by atoms with Crippen LogP contribution in [0.5, 0.6) is 0 Å². The van der Waals surface area contributed by atoms with Gasteiger partial charge in [0, 0.05) is 4.88 Å². The zero-order chi connectivity index (χ0) is 19.9. The minimum Gasteiger partial charge on any atom is -0.452 e. The minimum absolute atomic E-state index is 0.378. The molecule has 0 saturated heterocycles. The molecular formula is C21H16N2O3S2. The molecule has 3 aromatic rings. The molecule has 0 radical (unpaired) electrons. The first-order valence-electron chi connectivity index (χ1n) is 8.33. The van der Waals surface area contributed by atoms with Crippen molar-refractivity contribution in [2.24, 2.45) is 0 Å². The Labute approximate surface area is 170 Å². The average Bonchev–Trinajstić information content (AvgIpc) is 3.36. The van der Waals surface area contributed by atoms with Gasteiger partial charge in [-0.1, -0.05) is 35.9 Å². The topological polar surface area (TPSA) is 79.2 Å². The maximum Gasteiger partial charge on any atom is 0.340 e. The molecular weight excluding hydrogens is 392 g/mol. The molecule has 1 N–H and O–H groups in total. The van der Waals surface area contributed by atoms with E-state index in [1.54, 1.807) is 17.5 Å². The van der Waals surface area contributed by atoms with Crippen LogP contribution in [0.2, 0.25) is 0 Å². The molecule has 0 spiro atoms. The van der Waals surface area contributed by atoms with Gasteiger partial charge in [0.1, 0.15) is 11.1 Å². The molecule has 0 aliphatic heterocycles. The monoisotopic (exact) mass is 408 g/mol. The Morgan fingerprint density at radius 1 is 1.18 bits per heavy atom. The first-order chi connectivity index (χ1) is 13.6. The highest BCUT2D eigenvalue weighted by atomic mass is 32.1. The fourth-order valence-corrected chi connectivity index (χ4v) is 3.94. The van der Waals surface area contributed by atoms with Gasteiger partial charge in [0.15, 0.2) is 6.61 Å². The number of benzene rings is 1. The van der Waals surface area contributed by atoms with E-state index in [-0.39, 0.29) is 0 Å². The van der Waals surface area contributed by atoms with Gasteiger partial charge in [-0.05, 0) is 41.5 Å². The van der Waals surface area contributed by atoms with Crippen LogP contribution in [0.25, 0.3) is 11.6 Å². The van der Waals surface area contributed by atoms with Gasteiger partial charge in [-0.25, -0.2) is 4.79 Å². The third kappa shape index (κ3) is 4.94. The van der Waals surface area contributed by atoms with Crippen molar-refractivity contribution in [2.45, 2.75) is 6.92 Å². The van der Waals surface area contributed by atoms with Crippen LogP contribution in [0.15, 0.2) is 53.2 Å². The normalized spacial score (nSPS) is 10.9. The molecule has 7 heteroatoms. The summed E-state index contributed by atoms with van der Waals surface area (Å²) < 4.78 is 5.22. The van der Waals surface area contributed by atoms with Gasteiger partial charge in [-0.2, -0.15) is 5.26 Å². The lowest BCUT2D eigenvalue weighted by Gasteiger charge is -2.08. The van der Waals surface area contributed by atoms with Gasteiger partial charge in [0.2, 0.25) is 0 Å². The van der Waals surface area contributed by atoms with Crippen LogP contribution in [-0.4, -0.2) is 18.5 Å². The summed E-state index contributed by atoms with van der Waals surface area (Å²) >= 11 is 2.66. The summed E-state index contributed by atoms with van der Waals surface area (Å²) in [5, 5.41) is 15.6. The van der Waals surface area contributed by atoms with E-state index in [4.69, 9.17) is 10.00 Å². The number of carbonyl (C=O) groups excluding carboxylic acids is 2. The van der Waals surface area contributed by atoms with Crippen molar-refractivity contribution in [3.63, 3.8) is 0 Å². The second-order valence-corrected chi connectivity index (χ2v) is 7.71. The molecule has 0 saturated carbocycles. The average molecular weight is 409 g/mol. The number of thiophene rings is 2. The number of carbonyl (C=O) groups is 2. The largest absolute Gasteiger partial charge is 0.452 e. The Morgan fingerprint density at radius 3 is 2.75 bits per heavy atom. The van der Waals surface area contributed by atoms with E-state index >= 15 is 0 Å². The highest BCUT2D eigenvalue weighted by Gasteiger charge is 2.17. The molecule has 2 aromatic heterocycles. The quantitative estimate of drug-likeness (QED) is 0.473. The lowest BCUT2D eigenvalue weighted by Crippen LogP contribution is -2.21. The SMILES string of the molecule is Cc1cccc(/C=C(/C(=O)OCC(=O)Nc2sccc2C#N)c2cccs2)c1. The van der Waals surface area contributed by atoms with Crippen molar-refractivity contribution in [2.75, 3.05) is 11.9 Å². The zero-order valence-corrected chi connectivity index (χ0v) is 16.6. The molecule has 1 aromatic carbocycles. The molecule has 3 rings (SSSR count). The van der Waals surface area contributed by atoms with Crippen molar-refractivity contribution in [3.8, 4) is 6.07 Å². The van der Waals surface area contributed by atoms with E-state index in [1.165, 1.54) is 22.7 Å². The summed E-state index contributed by atoms with van der Waals surface area (Å²) in [5.41, 5.74) is 2.73. The summed E-state index contributed by atoms with van der Waals surface area (Å²) in [6, 6.07) is 15.1. The molecule has 0 aliphatic rings. The number of rotatable bonds is 6. The Hall–Kier alpha value is -3.21. The third-order valence-corrected chi connectivity index (χ3v) is 5.47. The lowest BCUT2D eigenvalue weighted by atomic mass is 10.1. The van der Waals surface area contributed by atoms with E-state index in [9.17, 15) is 9.59 Å². The number of ether oxygens (including phenoxy) is 1. The Morgan fingerprint density at radius 2 is 2.04 bits per heavy atom. The standard InChI is InChI=1S/C21H16N2O3S2/c1-14-4-2-5-15(10-14)11-17(18-6-3-8-27-18)21(25)26-13-19(24)23-20-16(12-22)7-9-28-20/h2-11H,13H2,1H3,(H,23,24)/b17-11+. The van der Waals surface area contributed by atoms with Crippen molar-refractivity contribution in [1.29, 1.82) is 5.26 Å². The molecule has 2 heterocycles.